The third-order valence-corrected chi connectivity index (χ3v) is 3.45. The molecule has 0 rings (SSSR count). The Labute approximate surface area is 76.0 Å². The van der Waals surface area contributed by atoms with Crippen LogP contribution in [0.1, 0.15) is 0 Å². The summed E-state index contributed by atoms with van der Waals surface area (Å²) in [6.45, 7) is 0. The SMILES string of the molecule is CO[As](C)(=O)OC.O=[As](O)(O)O. The second-order valence-corrected chi connectivity index (χ2v) is 8.57. The van der Waals surface area contributed by atoms with E-state index in [4.69, 9.17) is 16.0 Å². The molecule has 0 aliphatic rings. The molecule has 76 valence electrons. The summed E-state index contributed by atoms with van der Waals surface area (Å²) in [5, 5.41) is 0. The number of hydrogen-bond donors (Lipinski definition) is 3. The molecule has 0 heterocycles. The summed E-state index contributed by atoms with van der Waals surface area (Å²) in [5.41, 5.74) is 1.47. The van der Waals surface area contributed by atoms with E-state index in [9.17, 15) is 3.74 Å². The standard InChI is InChI=1S/C3H9AsO3.AsH3O4/c1-4(5,6-2)7-3;2-1(3,4)5/h1-3H3;(H3,2,3,4,5). The first-order chi connectivity index (χ1) is 5.12. The molecule has 0 aliphatic carbocycles. The Hall–Kier alpha value is 0.517. The van der Waals surface area contributed by atoms with Crippen molar-refractivity contribution in [2.75, 3.05) is 14.2 Å². The fraction of sp³-hybridized carbons (Fsp3) is 1.00. The number of hydrogen-bond acceptors (Lipinski definition) is 4. The first kappa shape index (κ1) is 15.0. The molecule has 0 saturated heterocycles. The van der Waals surface area contributed by atoms with E-state index in [-0.39, 0.29) is 0 Å². The Morgan fingerprint density at radius 1 is 1.00 bits per heavy atom. The van der Waals surface area contributed by atoms with Gasteiger partial charge in [-0.05, 0) is 0 Å². The molecule has 0 atom stereocenters. The Morgan fingerprint density at radius 2 is 1.17 bits per heavy atom. The van der Waals surface area contributed by atoms with Crippen LogP contribution < -0.4 is 0 Å². The van der Waals surface area contributed by atoms with Crippen molar-refractivity contribution in [3.63, 3.8) is 0 Å². The van der Waals surface area contributed by atoms with Gasteiger partial charge in [-0.2, -0.15) is 0 Å². The minimum atomic E-state index is -5.12. The third kappa shape index (κ3) is 22.4. The normalized spacial score (nSPS) is 11.8. The Morgan fingerprint density at radius 3 is 1.17 bits per heavy atom. The van der Waals surface area contributed by atoms with Crippen LogP contribution in [-0.4, -0.2) is 55.2 Å². The third-order valence-electron chi connectivity index (χ3n) is 0.663. The molecule has 0 amide bonds. The van der Waals surface area contributed by atoms with Gasteiger partial charge in [-0.3, -0.25) is 0 Å². The van der Waals surface area contributed by atoms with Crippen molar-refractivity contribution in [2.45, 2.75) is 5.71 Å². The van der Waals surface area contributed by atoms with Crippen LogP contribution in [0.15, 0.2) is 0 Å². The fourth-order valence-corrected chi connectivity index (χ4v) is 0.387. The van der Waals surface area contributed by atoms with Crippen molar-refractivity contribution in [2.24, 2.45) is 0 Å². The zero-order chi connectivity index (χ0) is 10.4. The van der Waals surface area contributed by atoms with Gasteiger partial charge in [0.2, 0.25) is 0 Å². The first-order valence-corrected chi connectivity index (χ1v) is 10.1. The molecule has 0 saturated carbocycles. The van der Waals surface area contributed by atoms with Crippen molar-refractivity contribution in [3.05, 3.63) is 0 Å². The van der Waals surface area contributed by atoms with E-state index in [0.29, 0.717) is 0 Å². The van der Waals surface area contributed by atoms with Crippen LogP contribution in [0.2, 0.25) is 5.71 Å². The summed E-state index contributed by atoms with van der Waals surface area (Å²) in [6, 6.07) is 0. The average molecular weight is 310 g/mol. The van der Waals surface area contributed by atoms with Crippen molar-refractivity contribution >= 4 is 28.7 Å². The molecule has 0 fully saturated rings. The monoisotopic (exact) mass is 310 g/mol. The molecule has 0 aromatic heterocycles. The van der Waals surface area contributed by atoms with Crippen LogP contribution in [0.25, 0.3) is 0 Å². The van der Waals surface area contributed by atoms with Crippen LogP contribution in [-0.2, 0) is 14.9 Å². The quantitative estimate of drug-likeness (QED) is 0.511. The Kier molecular flexibility index (Phi) is 7.56. The Balaban J connectivity index is 0. The molecule has 0 aliphatic heterocycles. The van der Waals surface area contributed by atoms with E-state index in [0.717, 1.165) is 0 Å². The van der Waals surface area contributed by atoms with E-state index in [1.54, 1.807) is 0 Å². The summed E-state index contributed by atoms with van der Waals surface area (Å²) >= 11 is -8.32. The Bertz CT molecular complexity index is 179. The van der Waals surface area contributed by atoms with E-state index in [1.165, 1.54) is 19.9 Å². The molecular weight excluding hydrogens is 298 g/mol. The molecule has 0 radical (unpaired) electrons. The van der Waals surface area contributed by atoms with Crippen molar-refractivity contribution in [3.8, 4) is 0 Å². The second kappa shape index (κ2) is 6.04. The van der Waals surface area contributed by atoms with Crippen molar-refractivity contribution < 1.29 is 27.2 Å². The molecule has 0 aromatic rings. The molecule has 3 N–H and O–H groups in total. The molecule has 7 nitrogen and oxygen atoms in total. The summed E-state index contributed by atoms with van der Waals surface area (Å²) in [6.07, 6.45) is 0. The van der Waals surface area contributed by atoms with Gasteiger partial charge in [0.15, 0.2) is 0 Å². The molecule has 9 heteroatoms. The van der Waals surface area contributed by atoms with Crippen molar-refractivity contribution in [1.82, 2.24) is 0 Å². The van der Waals surface area contributed by atoms with Crippen LogP contribution >= 0.6 is 0 Å². The molecule has 12 heavy (non-hydrogen) atoms. The van der Waals surface area contributed by atoms with Crippen LogP contribution in [0.5, 0.6) is 0 Å². The van der Waals surface area contributed by atoms with Gasteiger partial charge in [0, 0.05) is 0 Å². The summed E-state index contributed by atoms with van der Waals surface area (Å²) < 4.78 is 50.2. The average Bonchev–Trinajstić information content (AvgIpc) is 1.85. The van der Waals surface area contributed by atoms with Gasteiger partial charge >= 0.3 is 75.8 Å². The van der Waals surface area contributed by atoms with Gasteiger partial charge < -0.3 is 0 Å². The molecule has 0 spiro atoms. The van der Waals surface area contributed by atoms with E-state index >= 15 is 0 Å². The zero-order valence-electron chi connectivity index (χ0n) is 6.87. The van der Waals surface area contributed by atoms with E-state index < -0.39 is 28.7 Å². The van der Waals surface area contributed by atoms with Crippen LogP contribution in [0.4, 0.5) is 0 Å². The van der Waals surface area contributed by atoms with Gasteiger partial charge in [-0.1, -0.05) is 0 Å². The van der Waals surface area contributed by atoms with Gasteiger partial charge in [-0.25, -0.2) is 0 Å². The summed E-state index contributed by atoms with van der Waals surface area (Å²) in [7, 11) is 2.76. The fourth-order valence-electron chi connectivity index (χ4n) is 0.0745. The second-order valence-electron chi connectivity index (χ2n) is 1.65. The van der Waals surface area contributed by atoms with Gasteiger partial charge in [0.1, 0.15) is 0 Å². The maximum absolute atomic E-state index is 10.6. The predicted molar refractivity (Wildman–Crippen MR) is 39.4 cm³/mol. The van der Waals surface area contributed by atoms with Crippen LogP contribution in [0.3, 0.4) is 0 Å². The minimum absolute atomic E-state index is 1.38. The zero-order valence-corrected chi connectivity index (χ0v) is 10.6. The van der Waals surface area contributed by atoms with Gasteiger partial charge in [0.05, 0.1) is 0 Å². The first-order valence-electron chi connectivity index (χ1n) is 2.59. The number of rotatable bonds is 2. The van der Waals surface area contributed by atoms with Crippen LogP contribution in [0, 0.1) is 0 Å². The molecular formula is C3H12As2O7. The topological polar surface area (TPSA) is 113 Å². The summed E-state index contributed by atoms with van der Waals surface area (Å²) in [4.78, 5) is 0. The maximum atomic E-state index is 10.6. The van der Waals surface area contributed by atoms with Crippen molar-refractivity contribution in [1.29, 1.82) is 0 Å². The molecule has 0 aromatic carbocycles. The van der Waals surface area contributed by atoms with Gasteiger partial charge in [0.25, 0.3) is 0 Å². The van der Waals surface area contributed by atoms with E-state index in [2.05, 4.69) is 7.45 Å². The predicted octanol–water partition coefficient (Wildman–Crippen LogP) is -1.89. The summed E-state index contributed by atoms with van der Waals surface area (Å²) in [5.74, 6) is 0. The molecule has 0 unspecified atom stereocenters. The van der Waals surface area contributed by atoms with E-state index in [1.807, 2.05) is 0 Å². The van der Waals surface area contributed by atoms with Gasteiger partial charge in [-0.15, -0.1) is 0 Å². The molecule has 0 bridgehead atoms.